The molecule has 0 N–H and O–H groups in total. The van der Waals surface area contributed by atoms with Crippen LogP contribution in [0.3, 0.4) is 0 Å². The molecule has 0 saturated heterocycles. The number of hydrogen-bond acceptors (Lipinski definition) is 3. The van der Waals surface area contributed by atoms with Crippen molar-refractivity contribution in [3.63, 3.8) is 0 Å². The summed E-state index contributed by atoms with van der Waals surface area (Å²) >= 11 is 0. The molecule has 1 radical (unpaired) electrons. The van der Waals surface area contributed by atoms with Crippen molar-refractivity contribution in [2.24, 2.45) is 0 Å². The van der Waals surface area contributed by atoms with Gasteiger partial charge in [-0.1, -0.05) is 36.4 Å². The third-order valence-electron chi connectivity index (χ3n) is 1.96. The Hall–Kier alpha value is -1.16. The first-order chi connectivity index (χ1) is 7.25. The number of hydrogen-bond donors (Lipinski definition) is 0. The fourth-order valence-corrected chi connectivity index (χ4v) is 1.23. The molecule has 1 aromatic rings. The maximum atomic E-state index is 11.0. The van der Waals surface area contributed by atoms with E-state index in [0.717, 1.165) is 5.56 Å². The normalized spacial score (nSPS) is 14.6. The fourth-order valence-electron chi connectivity index (χ4n) is 1.23. The summed E-state index contributed by atoms with van der Waals surface area (Å²) in [5.41, 5.74) is 1.24. The summed E-state index contributed by atoms with van der Waals surface area (Å²) in [5.74, 6) is -1.19. The van der Waals surface area contributed by atoms with Crippen molar-refractivity contribution < 1.29 is 14.3 Å². The van der Waals surface area contributed by atoms with Gasteiger partial charge in [0.05, 0.1) is 5.57 Å². The molecule has 2 rings (SSSR count). The standard InChI is InChI=1S/C12H8O3.Na/c13-11-8-10(12(14)15-11)7-6-9-4-2-1-3-5-9;/h1-8H;. The summed E-state index contributed by atoms with van der Waals surface area (Å²) in [6.45, 7) is 0. The molecule has 0 amide bonds. The van der Waals surface area contributed by atoms with Gasteiger partial charge in [0.1, 0.15) is 0 Å². The average Bonchev–Trinajstić information content (AvgIpc) is 2.56. The minimum atomic E-state index is -0.604. The van der Waals surface area contributed by atoms with Crippen LogP contribution < -0.4 is 0 Å². The molecule has 1 heterocycles. The first kappa shape index (κ1) is 12.9. The summed E-state index contributed by atoms with van der Waals surface area (Å²) in [5, 5.41) is 0. The molecule has 16 heavy (non-hydrogen) atoms. The molecule has 0 spiro atoms. The van der Waals surface area contributed by atoms with Crippen LogP contribution in [0.2, 0.25) is 0 Å². The Bertz CT molecular complexity index is 460. The zero-order valence-corrected chi connectivity index (χ0v) is 10.8. The minimum Gasteiger partial charge on any atom is -0.386 e. The molecule has 3 nitrogen and oxygen atoms in total. The summed E-state index contributed by atoms with van der Waals surface area (Å²) in [6, 6.07) is 9.50. The molecule has 0 fully saturated rings. The Morgan fingerprint density at radius 2 is 1.69 bits per heavy atom. The van der Waals surface area contributed by atoms with E-state index in [0.29, 0.717) is 0 Å². The first-order valence-electron chi connectivity index (χ1n) is 4.47. The van der Waals surface area contributed by atoms with E-state index in [1.54, 1.807) is 12.2 Å². The Labute approximate surface area is 115 Å². The molecule has 75 valence electrons. The van der Waals surface area contributed by atoms with Crippen LogP contribution in [0.1, 0.15) is 5.56 Å². The van der Waals surface area contributed by atoms with Gasteiger partial charge in [-0.05, 0) is 11.6 Å². The van der Waals surface area contributed by atoms with Crippen molar-refractivity contribution in [2.45, 2.75) is 0 Å². The van der Waals surface area contributed by atoms with Crippen molar-refractivity contribution in [2.75, 3.05) is 0 Å². The molecule has 4 heteroatoms. The van der Waals surface area contributed by atoms with Crippen LogP contribution in [0.15, 0.2) is 48.1 Å². The molecule has 1 aromatic carbocycles. The van der Waals surface area contributed by atoms with E-state index in [1.165, 1.54) is 6.08 Å². The Morgan fingerprint density at radius 3 is 2.25 bits per heavy atom. The van der Waals surface area contributed by atoms with Crippen LogP contribution in [-0.4, -0.2) is 41.5 Å². The van der Waals surface area contributed by atoms with Crippen molar-refractivity contribution in [1.82, 2.24) is 0 Å². The van der Waals surface area contributed by atoms with E-state index in [-0.39, 0.29) is 35.1 Å². The van der Waals surface area contributed by atoms with Gasteiger partial charge < -0.3 is 4.74 Å². The van der Waals surface area contributed by atoms with Crippen LogP contribution in [0.4, 0.5) is 0 Å². The smallest absolute Gasteiger partial charge is 0.346 e. The van der Waals surface area contributed by atoms with Crippen molar-refractivity contribution in [3.8, 4) is 0 Å². The van der Waals surface area contributed by atoms with E-state index in [4.69, 9.17) is 0 Å². The van der Waals surface area contributed by atoms with Crippen molar-refractivity contribution in [3.05, 3.63) is 53.6 Å². The zero-order chi connectivity index (χ0) is 10.7. The fraction of sp³-hybridized carbons (Fsp3) is 0. The van der Waals surface area contributed by atoms with E-state index < -0.39 is 11.9 Å². The van der Waals surface area contributed by atoms with Crippen molar-refractivity contribution >= 4 is 47.6 Å². The van der Waals surface area contributed by atoms with Gasteiger partial charge in [0.15, 0.2) is 0 Å². The number of ether oxygens (including phenoxy) is 1. The molecule has 0 saturated carbocycles. The number of benzene rings is 1. The van der Waals surface area contributed by atoms with E-state index in [9.17, 15) is 9.59 Å². The monoisotopic (exact) mass is 223 g/mol. The first-order valence-corrected chi connectivity index (χ1v) is 4.47. The molecule has 0 unspecified atom stereocenters. The number of carbonyl (C=O) groups excluding carboxylic acids is 2. The molecular weight excluding hydrogens is 215 g/mol. The summed E-state index contributed by atoms with van der Waals surface area (Å²) in [6.07, 6.45) is 4.51. The Kier molecular flexibility index (Phi) is 4.68. The SMILES string of the molecule is O=C1C=C(C=Cc2ccccc2)C(=O)O1.[Na]. The summed E-state index contributed by atoms with van der Waals surface area (Å²) in [7, 11) is 0. The largest absolute Gasteiger partial charge is 0.386 e. The van der Waals surface area contributed by atoms with Crippen LogP contribution >= 0.6 is 0 Å². The second-order valence-corrected chi connectivity index (χ2v) is 3.05. The second kappa shape index (κ2) is 5.80. The molecule has 1 aliphatic rings. The molecule has 0 bridgehead atoms. The van der Waals surface area contributed by atoms with Gasteiger partial charge >= 0.3 is 11.9 Å². The van der Waals surface area contributed by atoms with Crippen molar-refractivity contribution in [1.29, 1.82) is 0 Å². The molecule has 0 aliphatic carbocycles. The summed E-state index contributed by atoms with van der Waals surface area (Å²) in [4.78, 5) is 21.8. The topological polar surface area (TPSA) is 43.4 Å². The van der Waals surface area contributed by atoms with Gasteiger partial charge in [0.25, 0.3) is 0 Å². The van der Waals surface area contributed by atoms with Crippen LogP contribution in [0.25, 0.3) is 6.08 Å². The maximum Gasteiger partial charge on any atom is 0.346 e. The average molecular weight is 223 g/mol. The maximum absolute atomic E-state index is 11.0. The third-order valence-corrected chi connectivity index (χ3v) is 1.96. The zero-order valence-electron chi connectivity index (χ0n) is 8.84. The third kappa shape index (κ3) is 3.17. The molecular formula is C12H8NaO3. The van der Waals surface area contributed by atoms with E-state index >= 15 is 0 Å². The van der Waals surface area contributed by atoms with Gasteiger partial charge in [0, 0.05) is 35.6 Å². The van der Waals surface area contributed by atoms with Gasteiger partial charge in [0.2, 0.25) is 0 Å². The van der Waals surface area contributed by atoms with Gasteiger partial charge in [-0.25, -0.2) is 9.59 Å². The molecule has 1 aliphatic heterocycles. The quantitative estimate of drug-likeness (QED) is 0.431. The summed E-state index contributed by atoms with van der Waals surface area (Å²) < 4.78 is 4.34. The molecule has 0 aromatic heterocycles. The van der Waals surface area contributed by atoms with E-state index in [1.807, 2.05) is 30.3 Å². The minimum absolute atomic E-state index is 0. The number of cyclic esters (lactones) is 2. The molecule has 0 atom stereocenters. The number of esters is 2. The predicted octanol–water partition coefficient (Wildman–Crippen LogP) is 1.33. The number of rotatable bonds is 2. The number of carbonyl (C=O) groups is 2. The van der Waals surface area contributed by atoms with Crippen LogP contribution in [0.5, 0.6) is 0 Å². The Morgan fingerprint density at radius 1 is 1.00 bits per heavy atom. The van der Waals surface area contributed by atoms with Gasteiger partial charge in [-0.15, -0.1) is 0 Å². The van der Waals surface area contributed by atoms with Gasteiger partial charge in [-0.3, -0.25) is 0 Å². The van der Waals surface area contributed by atoms with E-state index in [2.05, 4.69) is 4.74 Å². The Balaban J connectivity index is 0.00000128. The van der Waals surface area contributed by atoms with Crippen LogP contribution in [0, 0.1) is 0 Å². The van der Waals surface area contributed by atoms with Crippen LogP contribution in [-0.2, 0) is 14.3 Å². The second-order valence-electron chi connectivity index (χ2n) is 3.05. The van der Waals surface area contributed by atoms with Gasteiger partial charge in [-0.2, -0.15) is 0 Å². The predicted molar refractivity (Wildman–Crippen MR) is 60.4 cm³/mol.